The number of fused-ring (bicyclic) bond motifs is 1. The maximum absolute atomic E-state index is 9.66. The number of aromatic hydroxyl groups is 1. The SMILES string of the molecule is N#CCCN=Nc1c(O)[nH]c2ccc(Cl)cc12. The molecule has 0 aliphatic carbocycles. The molecule has 2 N–H and O–H groups in total. The third-order valence-electron chi connectivity index (χ3n) is 2.21. The van der Waals surface area contributed by atoms with Crippen molar-refractivity contribution in [2.75, 3.05) is 6.54 Å². The predicted molar refractivity (Wildman–Crippen MR) is 64.6 cm³/mol. The van der Waals surface area contributed by atoms with Crippen molar-refractivity contribution in [3.05, 3.63) is 23.2 Å². The van der Waals surface area contributed by atoms with Gasteiger partial charge in [0.15, 0.2) is 5.69 Å². The van der Waals surface area contributed by atoms with Crippen LogP contribution in [-0.2, 0) is 0 Å². The third-order valence-corrected chi connectivity index (χ3v) is 2.44. The second-order valence-corrected chi connectivity index (χ2v) is 3.82. The van der Waals surface area contributed by atoms with Crippen molar-refractivity contribution in [3.63, 3.8) is 0 Å². The summed E-state index contributed by atoms with van der Waals surface area (Å²) in [6.07, 6.45) is 0.299. The fraction of sp³-hybridized carbons (Fsp3) is 0.182. The lowest BCUT2D eigenvalue weighted by Crippen LogP contribution is -1.73. The van der Waals surface area contributed by atoms with Crippen LogP contribution in [0.5, 0.6) is 5.88 Å². The summed E-state index contributed by atoms with van der Waals surface area (Å²) in [5, 5.41) is 27.0. The van der Waals surface area contributed by atoms with Crippen LogP contribution in [0.2, 0.25) is 5.02 Å². The van der Waals surface area contributed by atoms with Crippen molar-refractivity contribution in [2.45, 2.75) is 6.42 Å². The topological polar surface area (TPSA) is 84.5 Å². The Morgan fingerprint density at radius 3 is 3.06 bits per heavy atom. The molecule has 2 rings (SSSR count). The Labute approximate surface area is 102 Å². The van der Waals surface area contributed by atoms with Crippen molar-refractivity contribution in [3.8, 4) is 11.9 Å². The minimum atomic E-state index is -0.0528. The van der Waals surface area contributed by atoms with E-state index in [1.54, 1.807) is 18.2 Å². The van der Waals surface area contributed by atoms with Gasteiger partial charge in [-0.2, -0.15) is 10.4 Å². The molecule has 0 bridgehead atoms. The lowest BCUT2D eigenvalue weighted by atomic mass is 10.2. The Balaban J connectivity index is 2.39. The van der Waals surface area contributed by atoms with Crippen molar-refractivity contribution >= 4 is 28.2 Å². The van der Waals surface area contributed by atoms with E-state index in [1.165, 1.54) is 0 Å². The molecule has 1 aromatic heterocycles. The maximum atomic E-state index is 9.66. The largest absolute Gasteiger partial charge is 0.493 e. The van der Waals surface area contributed by atoms with Gasteiger partial charge in [0.2, 0.25) is 5.88 Å². The Hall–Kier alpha value is -2.06. The Kier molecular flexibility index (Phi) is 3.26. The van der Waals surface area contributed by atoms with Gasteiger partial charge in [0.25, 0.3) is 0 Å². The molecule has 0 spiro atoms. The van der Waals surface area contributed by atoms with Crippen LogP contribution < -0.4 is 0 Å². The number of hydrogen-bond acceptors (Lipinski definition) is 4. The molecule has 0 saturated carbocycles. The first-order chi connectivity index (χ1) is 8.22. The van der Waals surface area contributed by atoms with E-state index in [4.69, 9.17) is 16.9 Å². The average molecular weight is 249 g/mol. The molecule has 0 fully saturated rings. The van der Waals surface area contributed by atoms with E-state index in [9.17, 15) is 5.11 Å². The Morgan fingerprint density at radius 1 is 1.47 bits per heavy atom. The number of aromatic amines is 1. The summed E-state index contributed by atoms with van der Waals surface area (Å²) in [5.74, 6) is -0.0528. The highest BCUT2D eigenvalue weighted by atomic mass is 35.5. The number of nitriles is 1. The van der Waals surface area contributed by atoms with E-state index in [0.29, 0.717) is 29.1 Å². The summed E-state index contributed by atoms with van der Waals surface area (Å²) in [7, 11) is 0. The molecule has 0 radical (unpaired) electrons. The van der Waals surface area contributed by atoms with Crippen LogP contribution in [0, 0.1) is 11.3 Å². The van der Waals surface area contributed by atoms with E-state index < -0.39 is 0 Å². The molecule has 5 nitrogen and oxygen atoms in total. The molecule has 17 heavy (non-hydrogen) atoms. The van der Waals surface area contributed by atoms with Gasteiger partial charge in [0.05, 0.1) is 24.6 Å². The first-order valence-corrected chi connectivity index (χ1v) is 5.35. The second-order valence-electron chi connectivity index (χ2n) is 3.39. The summed E-state index contributed by atoms with van der Waals surface area (Å²) in [6.45, 7) is 0.309. The summed E-state index contributed by atoms with van der Waals surface area (Å²) < 4.78 is 0. The van der Waals surface area contributed by atoms with Crippen LogP contribution in [0.1, 0.15) is 6.42 Å². The number of H-pyrrole nitrogens is 1. The highest BCUT2D eigenvalue weighted by Gasteiger charge is 2.10. The van der Waals surface area contributed by atoms with E-state index in [2.05, 4.69) is 15.2 Å². The van der Waals surface area contributed by atoms with E-state index in [0.717, 1.165) is 5.52 Å². The van der Waals surface area contributed by atoms with Gasteiger partial charge in [0.1, 0.15) is 0 Å². The molecule has 0 aliphatic heterocycles. The van der Waals surface area contributed by atoms with E-state index in [1.807, 2.05) is 6.07 Å². The Morgan fingerprint density at radius 2 is 2.29 bits per heavy atom. The van der Waals surface area contributed by atoms with Gasteiger partial charge in [-0.25, -0.2) is 0 Å². The highest BCUT2D eigenvalue weighted by molar-refractivity contribution is 6.31. The van der Waals surface area contributed by atoms with Crippen LogP contribution in [0.3, 0.4) is 0 Å². The molecular weight excluding hydrogens is 240 g/mol. The number of rotatable bonds is 3. The van der Waals surface area contributed by atoms with Crippen LogP contribution in [0.15, 0.2) is 28.4 Å². The Bertz CT molecular complexity index is 612. The van der Waals surface area contributed by atoms with Gasteiger partial charge in [-0.15, -0.1) is 5.11 Å². The van der Waals surface area contributed by atoms with Crippen molar-refractivity contribution < 1.29 is 5.11 Å². The monoisotopic (exact) mass is 248 g/mol. The fourth-order valence-corrected chi connectivity index (χ4v) is 1.63. The molecule has 0 aliphatic rings. The predicted octanol–water partition coefficient (Wildman–Crippen LogP) is 3.52. The molecule has 86 valence electrons. The quantitative estimate of drug-likeness (QED) is 0.643. The lowest BCUT2D eigenvalue weighted by Gasteiger charge is -1.92. The first kappa shape index (κ1) is 11.4. The number of aromatic nitrogens is 1. The molecular formula is C11H9ClN4O. The number of nitrogens with one attached hydrogen (secondary N) is 1. The van der Waals surface area contributed by atoms with Crippen molar-refractivity contribution in [1.29, 1.82) is 5.26 Å². The van der Waals surface area contributed by atoms with Gasteiger partial charge < -0.3 is 10.1 Å². The zero-order chi connectivity index (χ0) is 12.3. The number of halogens is 1. The van der Waals surface area contributed by atoms with Crippen LogP contribution >= 0.6 is 11.6 Å². The molecule has 0 atom stereocenters. The molecule has 6 heteroatoms. The van der Waals surface area contributed by atoms with Gasteiger partial charge in [0, 0.05) is 10.4 Å². The van der Waals surface area contributed by atoms with E-state index >= 15 is 0 Å². The minimum absolute atomic E-state index is 0.0528. The standard InChI is InChI=1S/C11H9ClN4O/c12-7-2-3-9-8(6-7)10(11(17)15-9)16-14-5-1-4-13/h2-3,6,15,17H,1,5H2. The highest BCUT2D eigenvalue weighted by Crippen LogP contribution is 2.36. The molecule has 0 saturated heterocycles. The number of benzene rings is 1. The van der Waals surface area contributed by atoms with Crippen LogP contribution in [0.25, 0.3) is 10.9 Å². The van der Waals surface area contributed by atoms with Crippen molar-refractivity contribution in [1.82, 2.24) is 4.98 Å². The normalized spacial score (nSPS) is 11.1. The zero-order valence-corrected chi connectivity index (χ0v) is 9.57. The van der Waals surface area contributed by atoms with Gasteiger partial charge >= 0.3 is 0 Å². The smallest absolute Gasteiger partial charge is 0.218 e. The number of hydrogen-bond donors (Lipinski definition) is 2. The van der Waals surface area contributed by atoms with Gasteiger partial charge in [-0.3, -0.25) is 0 Å². The first-order valence-electron chi connectivity index (χ1n) is 4.97. The summed E-state index contributed by atoms with van der Waals surface area (Å²) in [5.41, 5.74) is 1.08. The third kappa shape index (κ3) is 2.37. The minimum Gasteiger partial charge on any atom is -0.493 e. The van der Waals surface area contributed by atoms with Crippen LogP contribution in [0.4, 0.5) is 5.69 Å². The maximum Gasteiger partial charge on any atom is 0.218 e. The van der Waals surface area contributed by atoms with Gasteiger partial charge in [-0.05, 0) is 18.2 Å². The zero-order valence-electron chi connectivity index (χ0n) is 8.81. The second kappa shape index (κ2) is 4.85. The van der Waals surface area contributed by atoms with Gasteiger partial charge in [-0.1, -0.05) is 11.6 Å². The average Bonchev–Trinajstić information content (AvgIpc) is 2.61. The molecule has 0 unspecified atom stereocenters. The van der Waals surface area contributed by atoms with Crippen LogP contribution in [-0.4, -0.2) is 16.6 Å². The number of azo groups is 1. The molecule has 1 heterocycles. The number of nitrogens with zero attached hydrogens (tertiary/aromatic N) is 3. The molecule has 1 aromatic carbocycles. The molecule has 0 amide bonds. The summed E-state index contributed by atoms with van der Waals surface area (Å²) in [4.78, 5) is 2.77. The summed E-state index contributed by atoms with van der Waals surface area (Å²) in [6, 6.07) is 7.14. The molecule has 2 aromatic rings. The summed E-state index contributed by atoms with van der Waals surface area (Å²) >= 11 is 5.87. The lowest BCUT2D eigenvalue weighted by molar-refractivity contribution is 0.459. The van der Waals surface area contributed by atoms with E-state index in [-0.39, 0.29) is 5.88 Å². The fourth-order valence-electron chi connectivity index (χ4n) is 1.46. The van der Waals surface area contributed by atoms with Crippen molar-refractivity contribution in [2.24, 2.45) is 10.2 Å².